The summed E-state index contributed by atoms with van der Waals surface area (Å²) < 4.78 is 68.8. The van der Waals surface area contributed by atoms with Crippen molar-refractivity contribution in [1.29, 1.82) is 0 Å². The SMILES string of the molecule is CCCCCCCCCCCCCCCCCCC(=O)OC[C@H](COP(=O)(O)OC[C@@H](O)COP(=O)(O)OC[C@@H](COC(=O)CCCCCCCCCCCC(C)C)OC(=O)CCCCCCCCCCCCC(C)CC)OC(=O)CCCCCCCCCCCCCCCCCCC(C)C. The summed E-state index contributed by atoms with van der Waals surface area (Å²) in [5, 5.41) is 10.7. The first-order chi connectivity index (χ1) is 48.8. The summed E-state index contributed by atoms with van der Waals surface area (Å²) in [6.07, 6.45) is 60.9. The molecule has 3 unspecified atom stereocenters. The van der Waals surface area contributed by atoms with Crippen LogP contribution in [0.1, 0.15) is 427 Å². The third-order valence-corrected chi connectivity index (χ3v) is 21.4. The van der Waals surface area contributed by atoms with Crippen molar-refractivity contribution < 1.29 is 80.2 Å². The molecule has 0 heterocycles. The van der Waals surface area contributed by atoms with Crippen molar-refractivity contribution in [3.63, 3.8) is 0 Å². The quantitative estimate of drug-likeness (QED) is 0.0222. The van der Waals surface area contributed by atoms with Gasteiger partial charge in [0.2, 0.25) is 0 Å². The number of unbranched alkanes of at least 4 members (excludes halogenated alkanes) is 47. The standard InChI is InChI=1S/C82H160O17P2/c1-8-10-11-12-13-14-15-16-17-21-24-27-35-42-49-56-63-79(84)92-69-77(98-81(86)65-58-51-44-36-28-25-22-19-18-20-23-26-32-39-46-53-60-73(3)4)71-96-100(88,89)94-67-76(83)68-95-101(90,91)97-72-78(70-93-80(85)64-57-50-43-38-31-33-40-47-54-61-74(5)6)99-82(87)66-59-52-45-37-30-29-34-41-48-55-62-75(7)9-2/h73-78,83H,8-72H2,1-7H3,(H,88,89)(H,90,91)/t75?,76-,77-,78-/m1/s1. The third-order valence-electron chi connectivity index (χ3n) is 19.5. The minimum absolute atomic E-state index is 0.106. The summed E-state index contributed by atoms with van der Waals surface area (Å²) in [4.78, 5) is 73.1. The number of ether oxygens (including phenoxy) is 4. The van der Waals surface area contributed by atoms with Crippen molar-refractivity contribution in [2.45, 2.75) is 446 Å². The number of esters is 4. The molecule has 0 radical (unpaired) electrons. The second-order valence-corrected chi connectivity index (χ2v) is 33.6. The molecule has 0 rings (SSSR count). The van der Waals surface area contributed by atoms with E-state index < -0.39 is 97.5 Å². The fourth-order valence-electron chi connectivity index (χ4n) is 12.6. The molecule has 0 aromatic heterocycles. The van der Waals surface area contributed by atoms with E-state index in [0.29, 0.717) is 25.7 Å². The summed E-state index contributed by atoms with van der Waals surface area (Å²) in [5.41, 5.74) is 0. The van der Waals surface area contributed by atoms with Crippen molar-refractivity contribution in [1.82, 2.24) is 0 Å². The van der Waals surface area contributed by atoms with Gasteiger partial charge >= 0.3 is 39.5 Å². The topological polar surface area (TPSA) is 237 Å². The average Bonchev–Trinajstić information content (AvgIpc) is 0.941. The molecular formula is C82H160O17P2. The van der Waals surface area contributed by atoms with Crippen LogP contribution in [0.15, 0.2) is 0 Å². The molecule has 19 heteroatoms. The van der Waals surface area contributed by atoms with Gasteiger partial charge in [-0.2, -0.15) is 0 Å². The second-order valence-electron chi connectivity index (χ2n) is 30.7. The molecule has 0 bridgehead atoms. The molecule has 0 amide bonds. The maximum Gasteiger partial charge on any atom is 0.472 e. The molecule has 3 N–H and O–H groups in total. The number of carbonyl (C=O) groups is 4. The summed E-state index contributed by atoms with van der Waals surface area (Å²) in [6.45, 7) is 12.0. The highest BCUT2D eigenvalue weighted by Crippen LogP contribution is 2.45. The van der Waals surface area contributed by atoms with Gasteiger partial charge in [-0.1, -0.05) is 376 Å². The molecule has 0 aliphatic heterocycles. The molecule has 0 aromatic rings. The van der Waals surface area contributed by atoms with E-state index in [1.54, 1.807) is 0 Å². The normalized spacial score (nSPS) is 14.2. The molecule has 6 atom stereocenters. The maximum absolute atomic E-state index is 13.1. The molecule has 17 nitrogen and oxygen atoms in total. The van der Waals surface area contributed by atoms with Gasteiger partial charge in [0.15, 0.2) is 12.2 Å². The van der Waals surface area contributed by atoms with E-state index in [1.165, 1.54) is 238 Å². The Balaban J connectivity index is 5.26. The Labute approximate surface area is 619 Å². The van der Waals surface area contributed by atoms with Gasteiger partial charge in [0, 0.05) is 25.7 Å². The summed E-state index contributed by atoms with van der Waals surface area (Å²) in [5.74, 6) is 0.247. The predicted octanol–water partition coefficient (Wildman–Crippen LogP) is 24.5. The first kappa shape index (κ1) is 99.1. The zero-order valence-electron chi connectivity index (χ0n) is 66.4. The van der Waals surface area contributed by atoms with Crippen molar-refractivity contribution in [3.05, 3.63) is 0 Å². The van der Waals surface area contributed by atoms with Crippen molar-refractivity contribution in [2.24, 2.45) is 17.8 Å². The summed E-state index contributed by atoms with van der Waals surface area (Å²) in [7, 11) is -9.92. The van der Waals surface area contributed by atoms with E-state index in [4.69, 9.17) is 37.0 Å². The Bertz CT molecular complexity index is 1960. The number of hydrogen-bond acceptors (Lipinski definition) is 15. The monoisotopic (exact) mass is 1480 g/mol. The van der Waals surface area contributed by atoms with E-state index in [1.807, 2.05) is 0 Å². The minimum atomic E-state index is -4.96. The average molecular weight is 1480 g/mol. The van der Waals surface area contributed by atoms with Gasteiger partial charge in [-0.3, -0.25) is 37.3 Å². The smallest absolute Gasteiger partial charge is 0.462 e. The fraction of sp³-hybridized carbons (Fsp3) is 0.951. The maximum atomic E-state index is 13.1. The number of phosphoric acid groups is 2. The van der Waals surface area contributed by atoms with Crippen LogP contribution in [0.25, 0.3) is 0 Å². The van der Waals surface area contributed by atoms with Crippen molar-refractivity contribution >= 4 is 39.5 Å². The first-order valence-electron chi connectivity index (χ1n) is 42.4. The Hall–Kier alpha value is -1.94. The Morgan fingerprint density at radius 1 is 0.287 bits per heavy atom. The van der Waals surface area contributed by atoms with Crippen LogP contribution in [0.2, 0.25) is 0 Å². The third kappa shape index (κ3) is 74.7. The van der Waals surface area contributed by atoms with Crippen LogP contribution in [-0.2, 0) is 65.4 Å². The Morgan fingerprint density at radius 2 is 0.505 bits per heavy atom. The molecule has 0 spiro atoms. The van der Waals surface area contributed by atoms with E-state index >= 15 is 0 Å². The molecule has 0 fully saturated rings. The van der Waals surface area contributed by atoms with Crippen molar-refractivity contribution in [2.75, 3.05) is 39.6 Å². The highest BCUT2D eigenvalue weighted by atomic mass is 31.2. The lowest BCUT2D eigenvalue weighted by molar-refractivity contribution is -0.161. The molecule has 0 aliphatic carbocycles. The van der Waals surface area contributed by atoms with Gasteiger partial charge in [-0.25, -0.2) is 9.13 Å². The molecular weight excluding hydrogens is 1320 g/mol. The minimum Gasteiger partial charge on any atom is -0.462 e. The fourth-order valence-corrected chi connectivity index (χ4v) is 14.2. The van der Waals surface area contributed by atoms with E-state index in [2.05, 4.69) is 48.5 Å². The van der Waals surface area contributed by atoms with Gasteiger partial charge < -0.3 is 33.8 Å². The molecule has 101 heavy (non-hydrogen) atoms. The molecule has 0 aromatic carbocycles. The number of aliphatic hydroxyl groups excluding tert-OH is 1. The predicted molar refractivity (Wildman–Crippen MR) is 414 cm³/mol. The number of rotatable bonds is 80. The Morgan fingerprint density at radius 3 is 0.752 bits per heavy atom. The van der Waals surface area contributed by atoms with Crippen LogP contribution in [0, 0.1) is 17.8 Å². The van der Waals surface area contributed by atoms with E-state index in [-0.39, 0.29) is 25.7 Å². The van der Waals surface area contributed by atoms with Gasteiger partial charge in [-0.15, -0.1) is 0 Å². The lowest BCUT2D eigenvalue weighted by atomic mass is 9.99. The number of hydrogen-bond donors (Lipinski definition) is 3. The zero-order chi connectivity index (χ0) is 74.4. The van der Waals surface area contributed by atoms with Crippen molar-refractivity contribution in [3.8, 4) is 0 Å². The van der Waals surface area contributed by atoms with Gasteiger partial charge in [-0.05, 0) is 43.4 Å². The Kier molecular flexibility index (Phi) is 70.9. The van der Waals surface area contributed by atoms with Crippen LogP contribution >= 0.6 is 15.6 Å². The van der Waals surface area contributed by atoms with Gasteiger partial charge in [0.05, 0.1) is 26.4 Å². The summed E-state index contributed by atoms with van der Waals surface area (Å²) >= 11 is 0. The largest absolute Gasteiger partial charge is 0.472 e. The first-order valence-corrected chi connectivity index (χ1v) is 45.4. The second kappa shape index (κ2) is 72.3. The summed E-state index contributed by atoms with van der Waals surface area (Å²) in [6, 6.07) is 0. The van der Waals surface area contributed by atoms with Crippen LogP contribution in [0.5, 0.6) is 0 Å². The highest BCUT2D eigenvalue weighted by molar-refractivity contribution is 7.47. The number of aliphatic hydroxyl groups is 1. The van der Waals surface area contributed by atoms with Crippen LogP contribution in [0.3, 0.4) is 0 Å². The molecule has 600 valence electrons. The molecule has 0 aliphatic rings. The van der Waals surface area contributed by atoms with E-state index in [0.717, 1.165) is 108 Å². The number of carbonyl (C=O) groups excluding carboxylic acids is 4. The van der Waals surface area contributed by atoms with Crippen LogP contribution in [-0.4, -0.2) is 96.7 Å². The van der Waals surface area contributed by atoms with Crippen LogP contribution < -0.4 is 0 Å². The lowest BCUT2D eigenvalue weighted by Gasteiger charge is -2.21. The lowest BCUT2D eigenvalue weighted by Crippen LogP contribution is -2.30. The van der Waals surface area contributed by atoms with Gasteiger partial charge in [0.1, 0.15) is 19.3 Å². The molecule has 0 saturated carbocycles. The van der Waals surface area contributed by atoms with Crippen LogP contribution in [0.4, 0.5) is 0 Å². The highest BCUT2D eigenvalue weighted by Gasteiger charge is 2.30. The van der Waals surface area contributed by atoms with E-state index in [9.17, 15) is 43.2 Å². The molecule has 0 saturated heterocycles. The van der Waals surface area contributed by atoms with Gasteiger partial charge in [0.25, 0.3) is 0 Å². The number of phosphoric ester groups is 2. The zero-order valence-corrected chi connectivity index (χ0v) is 68.2.